The lowest BCUT2D eigenvalue weighted by molar-refractivity contribution is -0.121. The number of rotatable bonds is 8. The van der Waals surface area contributed by atoms with Crippen molar-refractivity contribution in [3.05, 3.63) is 69.2 Å². The lowest BCUT2D eigenvalue weighted by atomic mass is 10.00. The molecule has 2 aromatic heterocycles. The minimum atomic E-state index is -0.406. The number of carbonyl (C=O) groups excluding carboxylic acids is 1. The lowest BCUT2D eigenvalue weighted by Gasteiger charge is -2.11. The van der Waals surface area contributed by atoms with Gasteiger partial charge in [-0.2, -0.15) is 0 Å². The molecular formula is C26H28N2O5. The third-order valence-electron chi connectivity index (χ3n) is 6.17. The Balaban J connectivity index is 1.40. The molecule has 2 aromatic carbocycles. The molecule has 4 aromatic rings. The molecule has 2 heterocycles. The highest BCUT2D eigenvalue weighted by Gasteiger charge is 2.16. The third kappa shape index (κ3) is 4.44. The zero-order chi connectivity index (χ0) is 23.5. The molecule has 7 heteroatoms. The van der Waals surface area contributed by atoms with Crippen molar-refractivity contribution in [1.82, 2.24) is 10.3 Å². The number of aromatic nitrogens is 1. The molecule has 4 rings (SSSR count). The normalized spacial score (nSPS) is 11.2. The van der Waals surface area contributed by atoms with E-state index in [-0.39, 0.29) is 12.3 Å². The molecule has 0 saturated heterocycles. The number of hydrogen-bond donors (Lipinski definition) is 2. The van der Waals surface area contributed by atoms with Gasteiger partial charge in [0.15, 0.2) is 0 Å². The second-order valence-electron chi connectivity index (χ2n) is 8.09. The first-order chi connectivity index (χ1) is 15.9. The van der Waals surface area contributed by atoms with E-state index in [1.807, 2.05) is 50.4 Å². The largest absolute Gasteiger partial charge is 0.497 e. The fourth-order valence-corrected chi connectivity index (χ4v) is 4.24. The zero-order valence-electron chi connectivity index (χ0n) is 19.3. The molecule has 0 aliphatic carbocycles. The van der Waals surface area contributed by atoms with Crippen LogP contribution in [0.1, 0.15) is 28.7 Å². The Morgan fingerprint density at radius 1 is 1.03 bits per heavy atom. The predicted molar refractivity (Wildman–Crippen MR) is 128 cm³/mol. The Bertz CT molecular complexity index is 1380. The molecule has 0 spiro atoms. The third-order valence-corrected chi connectivity index (χ3v) is 6.17. The molecule has 0 aliphatic heterocycles. The van der Waals surface area contributed by atoms with Crippen molar-refractivity contribution < 1.29 is 18.7 Å². The van der Waals surface area contributed by atoms with E-state index in [4.69, 9.17) is 13.9 Å². The fourth-order valence-electron chi connectivity index (χ4n) is 4.24. The first kappa shape index (κ1) is 22.5. The van der Waals surface area contributed by atoms with Gasteiger partial charge in [0.05, 0.1) is 14.2 Å². The Labute approximate surface area is 191 Å². The van der Waals surface area contributed by atoms with Gasteiger partial charge in [0.1, 0.15) is 17.1 Å². The van der Waals surface area contributed by atoms with Gasteiger partial charge in [0, 0.05) is 46.6 Å². The van der Waals surface area contributed by atoms with E-state index in [9.17, 15) is 9.59 Å². The average Bonchev–Trinajstić information content (AvgIpc) is 3.21. The number of aryl methyl sites for hydroxylation is 2. The van der Waals surface area contributed by atoms with Crippen LogP contribution in [0.5, 0.6) is 11.5 Å². The lowest BCUT2D eigenvalue weighted by Crippen LogP contribution is -2.26. The summed E-state index contributed by atoms with van der Waals surface area (Å²) in [6.07, 6.45) is 3.19. The molecule has 0 unspecified atom stereocenters. The molecule has 33 heavy (non-hydrogen) atoms. The highest BCUT2D eigenvalue weighted by Crippen LogP contribution is 2.29. The number of amides is 1. The zero-order valence-corrected chi connectivity index (χ0v) is 19.3. The Morgan fingerprint density at radius 2 is 1.85 bits per heavy atom. The van der Waals surface area contributed by atoms with Gasteiger partial charge in [-0.1, -0.05) is 0 Å². The van der Waals surface area contributed by atoms with E-state index in [1.54, 1.807) is 14.2 Å². The van der Waals surface area contributed by atoms with Crippen molar-refractivity contribution in [2.75, 3.05) is 20.8 Å². The van der Waals surface area contributed by atoms with Crippen molar-refractivity contribution in [2.45, 2.75) is 33.1 Å². The summed E-state index contributed by atoms with van der Waals surface area (Å²) < 4.78 is 16.2. The number of H-pyrrole nitrogens is 1. The molecular weight excluding hydrogens is 420 g/mol. The summed E-state index contributed by atoms with van der Waals surface area (Å²) in [5.74, 6) is 1.37. The summed E-state index contributed by atoms with van der Waals surface area (Å²) in [7, 11) is 3.23. The maximum atomic E-state index is 12.6. The van der Waals surface area contributed by atoms with Gasteiger partial charge in [-0.15, -0.1) is 0 Å². The van der Waals surface area contributed by atoms with Crippen LogP contribution in [-0.4, -0.2) is 31.7 Å². The monoisotopic (exact) mass is 448 g/mol. The molecule has 0 fully saturated rings. The summed E-state index contributed by atoms with van der Waals surface area (Å²) in [5.41, 5.74) is 4.43. The number of hydrogen-bond acceptors (Lipinski definition) is 5. The van der Waals surface area contributed by atoms with Crippen LogP contribution in [0, 0.1) is 13.8 Å². The standard InChI is InChI=1S/C26H28N2O5/c1-15-19-6-9-23(32-4)16(2)25(19)33-26(30)20(15)7-10-24(29)27-12-11-17-14-28-22-8-5-18(31-3)13-21(17)22/h5-6,8-9,13-14,28H,7,10-12H2,1-4H3,(H,27,29). The minimum absolute atomic E-state index is 0.0998. The van der Waals surface area contributed by atoms with E-state index in [1.165, 1.54) is 0 Å². The highest BCUT2D eigenvalue weighted by molar-refractivity contribution is 5.86. The topological polar surface area (TPSA) is 93.6 Å². The number of benzene rings is 2. The molecule has 0 bridgehead atoms. The first-order valence-corrected chi connectivity index (χ1v) is 10.9. The van der Waals surface area contributed by atoms with Gasteiger partial charge in [0.2, 0.25) is 5.91 Å². The molecule has 0 radical (unpaired) electrons. The van der Waals surface area contributed by atoms with Crippen molar-refractivity contribution in [1.29, 1.82) is 0 Å². The average molecular weight is 449 g/mol. The maximum absolute atomic E-state index is 12.6. The molecule has 2 N–H and O–H groups in total. The van der Waals surface area contributed by atoms with Crippen LogP contribution in [0.15, 0.2) is 45.7 Å². The second kappa shape index (κ2) is 9.40. The number of nitrogens with one attached hydrogen (secondary N) is 2. The fraction of sp³-hybridized carbons (Fsp3) is 0.308. The summed E-state index contributed by atoms with van der Waals surface area (Å²) in [6, 6.07) is 9.63. The van der Waals surface area contributed by atoms with Crippen molar-refractivity contribution in [3.63, 3.8) is 0 Å². The molecule has 0 aliphatic rings. The van der Waals surface area contributed by atoms with Crippen LogP contribution in [0.25, 0.3) is 21.9 Å². The van der Waals surface area contributed by atoms with Gasteiger partial charge in [-0.25, -0.2) is 4.79 Å². The van der Waals surface area contributed by atoms with Gasteiger partial charge < -0.3 is 24.2 Å². The number of aromatic amines is 1. The van der Waals surface area contributed by atoms with Crippen LogP contribution in [0.4, 0.5) is 0 Å². The molecule has 7 nitrogen and oxygen atoms in total. The quantitative estimate of drug-likeness (QED) is 0.394. The maximum Gasteiger partial charge on any atom is 0.339 e. The number of methoxy groups -OCH3 is 2. The van der Waals surface area contributed by atoms with Gasteiger partial charge in [-0.05, 0) is 68.1 Å². The van der Waals surface area contributed by atoms with Gasteiger partial charge in [0.25, 0.3) is 0 Å². The number of ether oxygens (including phenoxy) is 2. The van der Waals surface area contributed by atoms with Gasteiger partial charge >= 0.3 is 5.63 Å². The van der Waals surface area contributed by atoms with Crippen molar-refractivity contribution in [2.24, 2.45) is 0 Å². The summed E-state index contributed by atoms with van der Waals surface area (Å²) in [5, 5.41) is 4.89. The molecule has 0 saturated carbocycles. The Hall–Kier alpha value is -3.74. The summed E-state index contributed by atoms with van der Waals surface area (Å²) in [6.45, 7) is 4.26. The summed E-state index contributed by atoms with van der Waals surface area (Å²) in [4.78, 5) is 28.3. The molecule has 0 atom stereocenters. The highest BCUT2D eigenvalue weighted by atomic mass is 16.5. The van der Waals surface area contributed by atoms with E-state index >= 15 is 0 Å². The number of carbonyl (C=O) groups is 1. The van der Waals surface area contributed by atoms with E-state index in [0.717, 1.165) is 38.7 Å². The van der Waals surface area contributed by atoms with E-state index in [2.05, 4.69) is 10.3 Å². The van der Waals surface area contributed by atoms with Crippen LogP contribution in [-0.2, 0) is 17.6 Å². The van der Waals surface area contributed by atoms with Crippen LogP contribution in [0.3, 0.4) is 0 Å². The Morgan fingerprint density at radius 3 is 2.61 bits per heavy atom. The van der Waals surface area contributed by atoms with E-state index < -0.39 is 5.63 Å². The smallest absolute Gasteiger partial charge is 0.339 e. The van der Waals surface area contributed by atoms with Crippen LogP contribution < -0.4 is 20.4 Å². The van der Waals surface area contributed by atoms with Crippen LogP contribution in [0.2, 0.25) is 0 Å². The first-order valence-electron chi connectivity index (χ1n) is 10.9. The van der Waals surface area contributed by atoms with Crippen molar-refractivity contribution in [3.8, 4) is 11.5 Å². The van der Waals surface area contributed by atoms with Gasteiger partial charge in [-0.3, -0.25) is 4.79 Å². The molecule has 172 valence electrons. The second-order valence-corrected chi connectivity index (χ2v) is 8.09. The van der Waals surface area contributed by atoms with Crippen molar-refractivity contribution >= 4 is 27.8 Å². The number of fused-ring (bicyclic) bond motifs is 2. The molecule has 1 amide bonds. The van der Waals surface area contributed by atoms with Crippen LogP contribution >= 0.6 is 0 Å². The SMILES string of the molecule is COc1ccc2[nH]cc(CCNC(=O)CCc3c(C)c4ccc(OC)c(C)c4oc3=O)c2c1. The van der Waals surface area contributed by atoms with E-state index in [0.29, 0.717) is 36.3 Å². The predicted octanol–water partition coefficient (Wildman–Crippen LogP) is 4.20. The minimum Gasteiger partial charge on any atom is -0.497 e. The summed E-state index contributed by atoms with van der Waals surface area (Å²) >= 11 is 0. The Kier molecular flexibility index (Phi) is 6.40.